The number of aromatic nitrogens is 9. The SMILES string of the molecule is C.CC(C)n1cnc2c(N)ccnc21.CC(C)n1cnc2c1N=CCC2=O.Cc1nc2c(ncn2C(C)C)c(=O)[nH]1. The molecule has 0 bridgehead atoms. The predicted octanol–water partition coefficient (Wildman–Crippen LogP) is 4.99. The highest BCUT2D eigenvalue weighted by Gasteiger charge is 2.20. The van der Waals surface area contributed by atoms with Crippen LogP contribution >= 0.6 is 0 Å². The van der Waals surface area contributed by atoms with Crippen LogP contribution in [0.1, 0.15) is 89.8 Å². The molecule has 0 saturated carbocycles. The summed E-state index contributed by atoms with van der Waals surface area (Å²) < 4.78 is 5.80. The zero-order chi connectivity index (χ0) is 29.1. The van der Waals surface area contributed by atoms with E-state index >= 15 is 0 Å². The highest BCUT2D eigenvalue weighted by atomic mass is 16.1. The number of nitrogens with two attached hydrogens (primary N) is 1. The fraction of sp³-hybridized carbons (Fsp3) is 0.429. The summed E-state index contributed by atoms with van der Waals surface area (Å²) in [5.74, 6) is 1.38. The molecule has 1 aliphatic heterocycles. The number of imidazole rings is 3. The van der Waals surface area contributed by atoms with Crippen molar-refractivity contribution in [2.45, 2.75) is 80.4 Å². The van der Waals surface area contributed by atoms with Crippen molar-refractivity contribution >= 4 is 45.8 Å². The second-order valence-corrected chi connectivity index (χ2v) is 10.2. The number of fused-ring (bicyclic) bond motifs is 3. The summed E-state index contributed by atoms with van der Waals surface area (Å²) in [5.41, 5.74) is 9.48. The van der Waals surface area contributed by atoms with Gasteiger partial charge in [-0.05, 0) is 54.5 Å². The van der Waals surface area contributed by atoms with Crippen LogP contribution < -0.4 is 11.3 Å². The number of nitrogens with zero attached hydrogens (tertiary/aromatic N) is 9. The lowest BCUT2D eigenvalue weighted by molar-refractivity contribution is 0.0996. The molecule has 41 heavy (non-hydrogen) atoms. The van der Waals surface area contributed by atoms with Crippen molar-refractivity contribution in [3.05, 3.63) is 53.1 Å². The topological polar surface area (TPSA) is 168 Å². The van der Waals surface area contributed by atoms with Gasteiger partial charge in [0.2, 0.25) is 0 Å². The highest BCUT2D eigenvalue weighted by Crippen LogP contribution is 2.25. The minimum absolute atomic E-state index is 0. The van der Waals surface area contributed by atoms with E-state index < -0.39 is 0 Å². The zero-order valence-electron chi connectivity index (χ0n) is 23.8. The van der Waals surface area contributed by atoms with Crippen LogP contribution in [0.2, 0.25) is 0 Å². The first-order chi connectivity index (χ1) is 19.0. The molecule has 6 heterocycles. The number of Topliss-reactive ketones (excluding diaryl/α,β-unsaturated/α-hetero) is 1. The maximum Gasteiger partial charge on any atom is 0.279 e. The third kappa shape index (κ3) is 6.39. The second kappa shape index (κ2) is 12.7. The van der Waals surface area contributed by atoms with Crippen molar-refractivity contribution < 1.29 is 4.79 Å². The van der Waals surface area contributed by atoms with Crippen LogP contribution in [0, 0.1) is 6.92 Å². The third-order valence-corrected chi connectivity index (χ3v) is 6.23. The minimum atomic E-state index is -0.174. The number of carbonyl (C=O) groups is 1. The number of nitrogen functional groups attached to an aromatic ring is 1. The van der Waals surface area contributed by atoms with E-state index in [-0.39, 0.29) is 24.8 Å². The number of ketones is 1. The van der Waals surface area contributed by atoms with Gasteiger partial charge in [-0.2, -0.15) is 0 Å². The van der Waals surface area contributed by atoms with Crippen LogP contribution in [0.15, 0.2) is 41.0 Å². The van der Waals surface area contributed by atoms with E-state index in [2.05, 4.69) is 48.7 Å². The Morgan fingerprint density at radius 1 is 0.829 bits per heavy atom. The molecular formula is C28H39N11O2. The Morgan fingerprint density at radius 3 is 2.05 bits per heavy atom. The summed E-state index contributed by atoms with van der Waals surface area (Å²) in [6.07, 6.45) is 8.83. The predicted molar refractivity (Wildman–Crippen MR) is 162 cm³/mol. The van der Waals surface area contributed by atoms with Crippen LogP contribution in [0.4, 0.5) is 11.5 Å². The molecule has 6 rings (SSSR count). The van der Waals surface area contributed by atoms with Gasteiger partial charge in [0.1, 0.15) is 11.3 Å². The Balaban J connectivity index is 0.000000167. The van der Waals surface area contributed by atoms with Crippen LogP contribution in [-0.2, 0) is 0 Å². The molecule has 0 spiro atoms. The largest absolute Gasteiger partial charge is 0.397 e. The number of pyridine rings is 1. The maximum atomic E-state index is 11.5. The molecule has 0 amide bonds. The Bertz CT molecular complexity index is 1730. The molecule has 0 aliphatic carbocycles. The smallest absolute Gasteiger partial charge is 0.279 e. The lowest BCUT2D eigenvalue weighted by atomic mass is 10.2. The molecule has 0 aromatic carbocycles. The van der Waals surface area contributed by atoms with Crippen molar-refractivity contribution in [1.82, 2.24) is 43.6 Å². The number of aromatic amines is 1. The van der Waals surface area contributed by atoms with E-state index in [4.69, 9.17) is 5.73 Å². The number of nitrogens with one attached hydrogen (secondary N) is 1. The number of hydrogen-bond donors (Lipinski definition) is 2. The summed E-state index contributed by atoms with van der Waals surface area (Å²) in [7, 11) is 0. The molecule has 13 nitrogen and oxygen atoms in total. The first-order valence-corrected chi connectivity index (χ1v) is 13.1. The molecule has 5 aromatic rings. The van der Waals surface area contributed by atoms with Crippen LogP contribution in [0.5, 0.6) is 0 Å². The fourth-order valence-corrected chi connectivity index (χ4v) is 4.11. The number of carbonyl (C=O) groups excluding carboxylic acids is 1. The number of aryl methyl sites for hydroxylation is 1. The van der Waals surface area contributed by atoms with Gasteiger partial charge in [-0.3, -0.25) is 9.59 Å². The van der Waals surface area contributed by atoms with E-state index in [0.29, 0.717) is 52.7 Å². The van der Waals surface area contributed by atoms with Crippen molar-refractivity contribution in [3.63, 3.8) is 0 Å². The monoisotopic (exact) mass is 561 g/mol. The molecule has 3 N–H and O–H groups in total. The Morgan fingerprint density at radius 2 is 1.41 bits per heavy atom. The van der Waals surface area contributed by atoms with Gasteiger partial charge in [-0.25, -0.2) is 29.9 Å². The fourth-order valence-electron chi connectivity index (χ4n) is 4.11. The van der Waals surface area contributed by atoms with E-state index in [1.165, 1.54) is 0 Å². The van der Waals surface area contributed by atoms with Gasteiger partial charge < -0.3 is 24.4 Å². The van der Waals surface area contributed by atoms with E-state index in [0.717, 1.165) is 11.2 Å². The Hall–Kier alpha value is -4.68. The quantitative estimate of drug-likeness (QED) is 0.310. The van der Waals surface area contributed by atoms with Gasteiger partial charge >= 0.3 is 0 Å². The number of hydrogen-bond acceptors (Lipinski definition) is 9. The number of H-pyrrole nitrogens is 1. The molecule has 13 heteroatoms. The molecule has 0 radical (unpaired) electrons. The van der Waals surface area contributed by atoms with Crippen molar-refractivity contribution in [2.75, 3.05) is 5.73 Å². The summed E-state index contributed by atoms with van der Waals surface area (Å²) in [6, 6.07) is 2.67. The van der Waals surface area contributed by atoms with Gasteiger partial charge in [0.15, 0.2) is 34.1 Å². The standard InChI is InChI=1S/C9H12N4O.C9H12N4.C9H11N3O.CH4/c1-5(2)13-4-10-7-8(13)11-6(3)12-9(7)14;1-6(2)13-5-12-8-7(10)3-4-11-9(8)13;1-6(2)12-5-11-8-7(13)3-4-10-9(8)12;/h4-5H,1-3H3,(H,11,12,14);3-6H,1-2H3,(H2,10,11);4-6H,3H2,1-2H3;1H4. The van der Waals surface area contributed by atoms with Gasteiger partial charge in [-0.1, -0.05) is 7.43 Å². The van der Waals surface area contributed by atoms with Gasteiger partial charge in [0, 0.05) is 37.0 Å². The summed E-state index contributed by atoms with van der Waals surface area (Å²) in [4.78, 5) is 50.4. The number of anilines is 1. The average Bonchev–Trinajstić information content (AvgIpc) is 3.62. The van der Waals surface area contributed by atoms with E-state index in [9.17, 15) is 9.59 Å². The van der Waals surface area contributed by atoms with Crippen LogP contribution in [-0.4, -0.2) is 55.6 Å². The van der Waals surface area contributed by atoms with Gasteiger partial charge in [0.25, 0.3) is 5.56 Å². The van der Waals surface area contributed by atoms with Crippen molar-refractivity contribution in [1.29, 1.82) is 0 Å². The normalized spacial score (nSPS) is 12.3. The summed E-state index contributed by atoms with van der Waals surface area (Å²) >= 11 is 0. The molecule has 218 valence electrons. The zero-order valence-corrected chi connectivity index (χ0v) is 23.8. The molecule has 5 aromatic heterocycles. The van der Waals surface area contributed by atoms with Crippen LogP contribution in [0.3, 0.4) is 0 Å². The Kier molecular flexibility index (Phi) is 9.53. The summed E-state index contributed by atoms with van der Waals surface area (Å²) in [6.45, 7) is 14.1. The Labute approximate surface area is 238 Å². The summed E-state index contributed by atoms with van der Waals surface area (Å²) in [5, 5.41) is 0. The lowest BCUT2D eigenvalue weighted by Gasteiger charge is -2.10. The second-order valence-electron chi connectivity index (χ2n) is 10.2. The molecule has 0 saturated heterocycles. The molecule has 0 unspecified atom stereocenters. The first-order valence-electron chi connectivity index (χ1n) is 13.1. The van der Waals surface area contributed by atoms with Crippen molar-refractivity contribution in [3.8, 4) is 0 Å². The van der Waals surface area contributed by atoms with E-state index in [1.54, 1.807) is 44.4 Å². The average molecular weight is 562 g/mol. The molecule has 0 atom stereocenters. The van der Waals surface area contributed by atoms with Gasteiger partial charge in [0.05, 0.1) is 24.7 Å². The van der Waals surface area contributed by atoms with Gasteiger partial charge in [-0.15, -0.1) is 0 Å². The lowest BCUT2D eigenvalue weighted by Crippen LogP contribution is -2.11. The van der Waals surface area contributed by atoms with Crippen LogP contribution in [0.25, 0.3) is 22.3 Å². The molecule has 0 fully saturated rings. The molecule has 1 aliphatic rings. The third-order valence-electron chi connectivity index (χ3n) is 6.23. The molecular weight excluding hydrogens is 522 g/mol. The first kappa shape index (κ1) is 30.9. The minimum Gasteiger partial charge on any atom is -0.397 e. The highest BCUT2D eigenvalue weighted by molar-refractivity contribution is 6.08. The number of rotatable bonds is 3. The van der Waals surface area contributed by atoms with Crippen molar-refractivity contribution in [2.24, 2.45) is 4.99 Å². The van der Waals surface area contributed by atoms with E-state index in [1.807, 2.05) is 41.4 Å². The maximum absolute atomic E-state index is 11.5. The number of aliphatic imine (C=N–C) groups is 1.